The van der Waals surface area contributed by atoms with Crippen molar-refractivity contribution in [2.45, 2.75) is 13.5 Å². The maximum Gasteiger partial charge on any atom is 0.194 e. The highest BCUT2D eigenvalue weighted by molar-refractivity contribution is 14.0. The molecular weight excluding hydrogens is 459 g/mol. The number of aryl methyl sites for hydroxylation is 1. The second-order valence-corrected chi connectivity index (χ2v) is 7.06. The maximum atomic E-state index is 5.33. The highest BCUT2D eigenvalue weighted by atomic mass is 127. The smallest absolute Gasteiger partial charge is 0.194 e. The number of benzene rings is 1. The summed E-state index contributed by atoms with van der Waals surface area (Å²) in [5.74, 6) is 1.90. The van der Waals surface area contributed by atoms with Gasteiger partial charge in [-0.2, -0.15) is 0 Å². The van der Waals surface area contributed by atoms with Crippen LogP contribution in [0.15, 0.2) is 40.7 Å². The van der Waals surface area contributed by atoms with Crippen molar-refractivity contribution in [2.75, 3.05) is 45.2 Å². The van der Waals surface area contributed by atoms with Crippen molar-refractivity contribution < 1.29 is 4.74 Å². The van der Waals surface area contributed by atoms with Gasteiger partial charge in [0.05, 0.1) is 12.1 Å². The maximum absolute atomic E-state index is 5.33. The van der Waals surface area contributed by atoms with Gasteiger partial charge in [0, 0.05) is 39.8 Å². The molecule has 26 heavy (non-hydrogen) atoms. The lowest BCUT2D eigenvalue weighted by Gasteiger charge is -2.37. The number of anilines is 1. The number of rotatable bonds is 4. The van der Waals surface area contributed by atoms with Crippen LogP contribution in [0, 0.1) is 6.92 Å². The van der Waals surface area contributed by atoms with Crippen molar-refractivity contribution in [3.63, 3.8) is 0 Å². The first-order valence-corrected chi connectivity index (χ1v) is 9.47. The van der Waals surface area contributed by atoms with Crippen molar-refractivity contribution in [2.24, 2.45) is 4.99 Å². The van der Waals surface area contributed by atoms with E-state index in [9.17, 15) is 0 Å². The Balaban J connectivity index is 0.00000243. The number of ether oxygens (including phenoxy) is 1. The van der Waals surface area contributed by atoms with Crippen molar-refractivity contribution >= 4 is 46.3 Å². The van der Waals surface area contributed by atoms with Crippen molar-refractivity contribution in [1.82, 2.24) is 10.2 Å². The fraction of sp³-hybridized carbons (Fsp3) is 0.421. The first-order chi connectivity index (χ1) is 12.2. The lowest BCUT2D eigenvalue weighted by Crippen LogP contribution is -2.52. The predicted molar refractivity (Wildman–Crippen MR) is 121 cm³/mol. The van der Waals surface area contributed by atoms with E-state index in [0.717, 1.165) is 50.0 Å². The third-order valence-corrected chi connectivity index (χ3v) is 5.45. The van der Waals surface area contributed by atoms with Gasteiger partial charge in [-0.05, 0) is 41.6 Å². The molecule has 1 aliphatic rings. The first-order valence-electron chi connectivity index (χ1n) is 8.59. The van der Waals surface area contributed by atoms with Gasteiger partial charge in [0.2, 0.25) is 0 Å². The Bertz CT molecular complexity index is 712. The van der Waals surface area contributed by atoms with Crippen molar-refractivity contribution in [3.8, 4) is 5.75 Å². The summed E-state index contributed by atoms with van der Waals surface area (Å²) in [7, 11) is 3.56. The molecule has 2 aromatic rings. The lowest BCUT2D eigenvalue weighted by molar-refractivity contribution is 0.373. The fourth-order valence-corrected chi connectivity index (χ4v) is 3.94. The van der Waals surface area contributed by atoms with Crippen LogP contribution in [0.1, 0.15) is 11.1 Å². The van der Waals surface area contributed by atoms with Gasteiger partial charge in [-0.1, -0.05) is 12.1 Å². The van der Waals surface area contributed by atoms with E-state index in [-0.39, 0.29) is 24.0 Å². The summed E-state index contributed by atoms with van der Waals surface area (Å²) in [6.45, 7) is 6.87. The normalized spacial score (nSPS) is 14.8. The molecule has 0 saturated carbocycles. The number of thiophene rings is 1. The minimum atomic E-state index is 0. The van der Waals surface area contributed by atoms with Crippen LogP contribution in [0.2, 0.25) is 0 Å². The molecule has 7 heteroatoms. The monoisotopic (exact) mass is 486 g/mol. The average Bonchev–Trinajstić information content (AvgIpc) is 3.17. The molecule has 1 aliphatic heterocycles. The number of hydrogen-bond acceptors (Lipinski definition) is 4. The average molecular weight is 486 g/mol. The number of guanidine groups is 1. The van der Waals surface area contributed by atoms with Gasteiger partial charge in [-0.25, -0.2) is 0 Å². The second kappa shape index (κ2) is 10.0. The van der Waals surface area contributed by atoms with Crippen LogP contribution in [0.4, 0.5) is 5.00 Å². The van der Waals surface area contributed by atoms with Crippen LogP contribution in [-0.2, 0) is 6.54 Å². The quantitative estimate of drug-likeness (QED) is 0.408. The Morgan fingerprint density at radius 2 is 2.00 bits per heavy atom. The first kappa shape index (κ1) is 20.8. The van der Waals surface area contributed by atoms with Crippen molar-refractivity contribution in [1.29, 1.82) is 0 Å². The van der Waals surface area contributed by atoms with Crippen LogP contribution in [0.25, 0.3) is 0 Å². The van der Waals surface area contributed by atoms with Crippen LogP contribution in [-0.4, -0.2) is 51.2 Å². The Labute approximate surface area is 177 Å². The Morgan fingerprint density at radius 1 is 1.23 bits per heavy atom. The summed E-state index contributed by atoms with van der Waals surface area (Å²) in [4.78, 5) is 9.24. The third-order valence-electron chi connectivity index (χ3n) is 4.52. The molecule has 1 aromatic carbocycles. The molecule has 1 saturated heterocycles. The number of hydrogen-bond donors (Lipinski definition) is 1. The van der Waals surface area contributed by atoms with Gasteiger partial charge < -0.3 is 19.9 Å². The summed E-state index contributed by atoms with van der Waals surface area (Å²) >= 11 is 1.81. The Morgan fingerprint density at radius 3 is 2.58 bits per heavy atom. The minimum Gasteiger partial charge on any atom is -0.496 e. The third kappa shape index (κ3) is 5.03. The number of halogens is 1. The standard InChI is InChI=1S/C19H26N4OS.HI/c1-15-13-16(6-7-17(15)24-3)14-21-19(20-2)23-10-8-22(9-11-23)18-5-4-12-25-18;/h4-7,12-13H,8-11,14H2,1-3H3,(H,20,21);1H. The van der Waals surface area contributed by atoms with E-state index in [0.29, 0.717) is 0 Å². The molecule has 3 rings (SSSR count). The van der Waals surface area contributed by atoms with Crippen LogP contribution in [0.5, 0.6) is 5.75 Å². The van der Waals surface area contributed by atoms with Gasteiger partial charge in [0.1, 0.15) is 5.75 Å². The van der Waals surface area contributed by atoms with E-state index in [1.54, 1.807) is 7.11 Å². The number of aliphatic imine (C=N–C) groups is 1. The van der Waals surface area contributed by atoms with E-state index in [2.05, 4.69) is 56.7 Å². The second-order valence-electron chi connectivity index (χ2n) is 6.13. The molecule has 142 valence electrons. The van der Waals surface area contributed by atoms with Gasteiger partial charge in [-0.3, -0.25) is 4.99 Å². The molecule has 0 amide bonds. The van der Waals surface area contributed by atoms with Crippen LogP contribution >= 0.6 is 35.3 Å². The van der Waals surface area contributed by atoms with Crippen molar-refractivity contribution in [3.05, 3.63) is 46.8 Å². The summed E-state index contributed by atoms with van der Waals surface area (Å²) in [5.41, 5.74) is 2.39. The van der Waals surface area contributed by atoms with E-state index < -0.39 is 0 Å². The van der Waals surface area contributed by atoms with Gasteiger partial charge in [0.15, 0.2) is 5.96 Å². The van der Waals surface area contributed by atoms with E-state index in [4.69, 9.17) is 4.74 Å². The van der Waals surface area contributed by atoms with Crippen LogP contribution in [0.3, 0.4) is 0 Å². The SMILES string of the molecule is CN=C(NCc1ccc(OC)c(C)c1)N1CCN(c2cccs2)CC1.I. The van der Waals surface area contributed by atoms with Gasteiger partial charge >= 0.3 is 0 Å². The topological polar surface area (TPSA) is 40.1 Å². The number of nitrogens with one attached hydrogen (secondary N) is 1. The Kier molecular flexibility index (Phi) is 8.02. The molecule has 0 spiro atoms. The van der Waals surface area contributed by atoms with Crippen LogP contribution < -0.4 is 15.0 Å². The highest BCUT2D eigenvalue weighted by Gasteiger charge is 2.20. The molecule has 0 unspecified atom stereocenters. The van der Waals surface area contributed by atoms with E-state index >= 15 is 0 Å². The molecule has 1 aromatic heterocycles. The molecule has 5 nitrogen and oxygen atoms in total. The predicted octanol–water partition coefficient (Wildman–Crippen LogP) is 3.58. The molecular formula is C19H27IN4OS. The summed E-state index contributed by atoms with van der Waals surface area (Å²) < 4.78 is 5.33. The van der Waals surface area contributed by atoms with E-state index in [1.165, 1.54) is 10.6 Å². The molecule has 0 atom stereocenters. The molecule has 0 bridgehead atoms. The zero-order valence-electron chi connectivity index (χ0n) is 15.6. The fourth-order valence-electron chi connectivity index (χ4n) is 3.15. The summed E-state index contributed by atoms with van der Waals surface area (Å²) in [5, 5.41) is 6.98. The van der Waals surface area contributed by atoms with E-state index in [1.807, 2.05) is 24.5 Å². The van der Waals surface area contributed by atoms with Gasteiger partial charge in [-0.15, -0.1) is 35.3 Å². The summed E-state index contributed by atoms with van der Waals surface area (Å²) in [6.07, 6.45) is 0. The summed E-state index contributed by atoms with van der Waals surface area (Å²) in [6, 6.07) is 10.6. The zero-order chi connectivity index (χ0) is 17.6. The molecule has 1 N–H and O–H groups in total. The largest absolute Gasteiger partial charge is 0.496 e. The lowest BCUT2D eigenvalue weighted by atomic mass is 10.1. The highest BCUT2D eigenvalue weighted by Crippen LogP contribution is 2.22. The van der Waals surface area contributed by atoms with Gasteiger partial charge in [0.25, 0.3) is 0 Å². The number of piperazine rings is 1. The molecule has 0 radical (unpaired) electrons. The Hall–Kier alpha value is -1.48. The number of methoxy groups -OCH3 is 1. The molecule has 1 fully saturated rings. The number of nitrogens with zero attached hydrogens (tertiary/aromatic N) is 3. The zero-order valence-corrected chi connectivity index (χ0v) is 18.7. The minimum absolute atomic E-state index is 0. The molecule has 0 aliphatic carbocycles. The molecule has 2 heterocycles.